The molecule has 0 aliphatic rings. The Bertz CT molecular complexity index is 586. The molecular formula is C16H17BrN2O. The lowest BCUT2D eigenvalue weighted by molar-refractivity contribution is -0.123. The van der Waals surface area contributed by atoms with Crippen LogP contribution >= 0.6 is 15.9 Å². The first kappa shape index (κ1) is 14.8. The van der Waals surface area contributed by atoms with E-state index in [1.165, 1.54) is 0 Å². The summed E-state index contributed by atoms with van der Waals surface area (Å²) in [6.45, 7) is 1.94. The largest absolute Gasteiger partial charge is 0.348 e. The molecule has 0 heterocycles. The number of rotatable bonds is 4. The molecule has 0 unspecified atom stereocenters. The van der Waals surface area contributed by atoms with Crippen molar-refractivity contribution in [3.05, 3.63) is 70.2 Å². The van der Waals surface area contributed by atoms with Crippen LogP contribution < -0.4 is 11.1 Å². The number of halogens is 1. The average Bonchev–Trinajstić information content (AvgIpc) is 2.47. The molecule has 3 N–H and O–H groups in total. The summed E-state index contributed by atoms with van der Waals surface area (Å²) >= 11 is 3.42. The van der Waals surface area contributed by atoms with Gasteiger partial charge in [-0.25, -0.2) is 0 Å². The van der Waals surface area contributed by atoms with Crippen LogP contribution in [-0.2, 0) is 4.79 Å². The van der Waals surface area contributed by atoms with E-state index in [1.807, 2.05) is 61.5 Å². The Kier molecular flexibility index (Phi) is 4.93. The highest BCUT2D eigenvalue weighted by Gasteiger charge is 2.18. The van der Waals surface area contributed by atoms with Crippen LogP contribution in [0.4, 0.5) is 0 Å². The summed E-state index contributed by atoms with van der Waals surface area (Å²) in [6.07, 6.45) is 0. The molecule has 4 heteroatoms. The van der Waals surface area contributed by atoms with Crippen molar-refractivity contribution >= 4 is 21.8 Å². The molecule has 0 radical (unpaired) electrons. The van der Waals surface area contributed by atoms with Crippen LogP contribution in [0.1, 0.15) is 30.1 Å². The third kappa shape index (κ3) is 3.68. The lowest BCUT2D eigenvalue weighted by Gasteiger charge is -2.18. The molecule has 0 saturated carbocycles. The first-order valence-electron chi connectivity index (χ1n) is 6.44. The van der Waals surface area contributed by atoms with Gasteiger partial charge in [-0.3, -0.25) is 4.79 Å². The minimum atomic E-state index is -0.647. The first-order chi connectivity index (χ1) is 9.58. The summed E-state index contributed by atoms with van der Waals surface area (Å²) in [4.78, 5) is 12.2. The minimum Gasteiger partial charge on any atom is -0.348 e. The molecule has 0 saturated heterocycles. The van der Waals surface area contributed by atoms with Gasteiger partial charge in [0, 0.05) is 4.47 Å². The summed E-state index contributed by atoms with van der Waals surface area (Å²) in [7, 11) is 0. The number of hydrogen-bond donors (Lipinski definition) is 2. The molecule has 0 spiro atoms. The van der Waals surface area contributed by atoms with Crippen molar-refractivity contribution in [2.45, 2.75) is 19.0 Å². The molecule has 0 bridgehead atoms. The molecule has 1 amide bonds. The molecule has 0 aliphatic carbocycles. The van der Waals surface area contributed by atoms with E-state index < -0.39 is 6.04 Å². The smallest absolute Gasteiger partial charge is 0.241 e. The van der Waals surface area contributed by atoms with Crippen LogP contribution in [0.3, 0.4) is 0 Å². The number of amides is 1. The normalized spacial score (nSPS) is 13.6. The van der Waals surface area contributed by atoms with E-state index in [2.05, 4.69) is 21.2 Å². The van der Waals surface area contributed by atoms with E-state index in [9.17, 15) is 4.79 Å². The Morgan fingerprint density at radius 3 is 2.40 bits per heavy atom. The van der Waals surface area contributed by atoms with Crippen molar-refractivity contribution in [1.82, 2.24) is 5.32 Å². The fourth-order valence-electron chi connectivity index (χ4n) is 1.97. The summed E-state index contributed by atoms with van der Waals surface area (Å²) in [6, 6.07) is 16.5. The molecule has 2 rings (SSSR count). The van der Waals surface area contributed by atoms with E-state index in [0.29, 0.717) is 0 Å². The molecular weight excluding hydrogens is 316 g/mol. The van der Waals surface area contributed by atoms with Gasteiger partial charge in [-0.05, 0) is 30.2 Å². The second kappa shape index (κ2) is 6.68. The van der Waals surface area contributed by atoms with E-state index in [-0.39, 0.29) is 11.9 Å². The van der Waals surface area contributed by atoms with Crippen LogP contribution in [0.25, 0.3) is 0 Å². The van der Waals surface area contributed by atoms with Gasteiger partial charge in [0.1, 0.15) is 6.04 Å². The average molecular weight is 333 g/mol. The number of carbonyl (C=O) groups is 1. The molecule has 2 aromatic carbocycles. The molecule has 20 heavy (non-hydrogen) atoms. The van der Waals surface area contributed by atoms with Gasteiger partial charge < -0.3 is 11.1 Å². The Morgan fingerprint density at radius 1 is 1.10 bits per heavy atom. The fraction of sp³-hybridized carbons (Fsp3) is 0.188. The quantitative estimate of drug-likeness (QED) is 0.902. The third-order valence-corrected chi connectivity index (χ3v) is 3.64. The number of benzene rings is 2. The van der Waals surface area contributed by atoms with E-state index >= 15 is 0 Å². The van der Waals surface area contributed by atoms with Crippen molar-refractivity contribution in [1.29, 1.82) is 0 Å². The van der Waals surface area contributed by atoms with Gasteiger partial charge in [0.05, 0.1) is 6.04 Å². The van der Waals surface area contributed by atoms with Gasteiger partial charge in [-0.2, -0.15) is 0 Å². The highest BCUT2D eigenvalue weighted by Crippen LogP contribution is 2.19. The second-order valence-electron chi connectivity index (χ2n) is 4.67. The molecule has 0 aliphatic heterocycles. The van der Waals surface area contributed by atoms with Gasteiger partial charge in [-0.15, -0.1) is 0 Å². The van der Waals surface area contributed by atoms with Crippen molar-refractivity contribution < 1.29 is 4.79 Å². The van der Waals surface area contributed by atoms with Gasteiger partial charge in [0.15, 0.2) is 0 Å². The minimum absolute atomic E-state index is 0.0882. The van der Waals surface area contributed by atoms with E-state index in [1.54, 1.807) is 0 Å². The van der Waals surface area contributed by atoms with Crippen LogP contribution in [0.5, 0.6) is 0 Å². The summed E-state index contributed by atoms with van der Waals surface area (Å²) in [5, 5.41) is 2.94. The maximum atomic E-state index is 12.2. The lowest BCUT2D eigenvalue weighted by Crippen LogP contribution is -2.35. The Morgan fingerprint density at radius 2 is 1.75 bits per heavy atom. The molecule has 2 atom stereocenters. The zero-order chi connectivity index (χ0) is 14.5. The lowest BCUT2D eigenvalue weighted by atomic mass is 10.1. The standard InChI is InChI=1S/C16H17BrN2O/c1-11(13-8-5-9-14(17)10-13)19-16(20)15(18)12-6-3-2-4-7-12/h2-11,15H,18H2,1H3,(H,19,20)/t11-,15-/m0/s1. The Balaban J connectivity index is 2.04. The van der Waals surface area contributed by atoms with Crippen LogP contribution in [0, 0.1) is 0 Å². The maximum Gasteiger partial charge on any atom is 0.241 e. The van der Waals surface area contributed by atoms with Gasteiger partial charge >= 0.3 is 0 Å². The second-order valence-corrected chi connectivity index (χ2v) is 5.59. The predicted molar refractivity (Wildman–Crippen MR) is 84.1 cm³/mol. The topological polar surface area (TPSA) is 55.1 Å². The first-order valence-corrected chi connectivity index (χ1v) is 7.23. The summed E-state index contributed by atoms with van der Waals surface area (Å²) in [5.74, 6) is -0.177. The molecule has 3 nitrogen and oxygen atoms in total. The Hall–Kier alpha value is -1.65. The van der Waals surface area contributed by atoms with E-state index in [4.69, 9.17) is 5.73 Å². The summed E-state index contributed by atoms with van der Waals surface area (Å²) in [5.41, 5.74) is 7.82. The number of nitrogens with two attached hydrogens (primary N) is 1. The zero-order valence-electron chi connectivity index (χ0n) is 11.2. The Labute approximate surface area is 127 Å². The molecule has 0 aromatic heterocycles. The number of carbonyl (C=O) groups excluding carboxylic acids is 1. The number of nitrogens with one attached hydrogen (secondary N) is 1. The van der Waals surface area contributed by atoms with Crippen LogP contribution in [-0.4, -0.2) is 5.91 Å². The fourth-order valence-corrected chi connectivity index (χ4v) is 2.39. The number of hydrogen-bond acceptors (Lipinski definition) is 2. The highest BCUT2D eigenvalue weighted by atomic mass is 79.9. The summed E-state index contributed by atoms with van der Waals surface area (Å²) < 4.78 is 0.989. The van der Waals surface area contributed by atoms with Gasteiger partial charge in [0.2, 0.25) is 5.91 Å². The van der Waals surface area contributed by atoms with Crippen molar-refractivity contribution in [2.24, 2.45) is 5.73 Å². The van der Waals surface area contributed by atoms with Crippen LogP contribution in [0.2, 0.25) is 0 Å². The maximum absolute atomic E-state index is 12.2. The molecule has 0 fully saturated rings. The van der Waals surface area contributed by atoms with Gasteiger partial charge in [0.25, 0.3) is 0 Å². The molecule has 104 valence electrons. The monoisotopic (exact) mass is 332 g/mol. The van der Waals surface area contributed by atoms with Gasteiger partial charge in [-0.1, -0.05) is 58.4 Å². The van der Waals surface area contributed by atoms with Crippen molar-refractivity contribution in [3.63, 3.8) is 0 Å². The SMILES string of the molecule is C[C@H](NC(=O)[C@@H](N)c1ccccc1)c1cccc(Br)c1. The zero-order valence-corrected chi connectivity index (χ0v) is 12.8. The molecule has 2 aromatic rings. The highest BCUT2D eigenvalue weighted by molar-refractivity contribution is 9.10. The van der Waals surface area contributed by atoms with Crippen molar-refractivity contribution in [3.8, 4) is 0 Å². The van der Waals surface area contributed by atoms with Crippen molar-refractivity contribution in [2.75, 3.05) is 0 Å². The van der Waals surface area contributed by atoms with Crippen LogP contribution in [0.15, 0.2) is 59.1 Å². The third-order valence-electron chi connectivity index (χ3n) is 3.15. The van der Waals surface area contributed by atoms with E-state index in [0.717, 1.165) is 15.6 Å². The predicted octanol–water partition coefficient (Wildman–Crippen LogP) is 3.33.